The van der Waals surface area contributed by atoms with Crippen molar-refractivity contribution in [2.75, 3.05) is 13.1 Å². The van der Waals surface area contributed by atoms with Crippen LogP contribution in [0.15, 0.2) is 39.5 Å². The Labute approximate surface area is 205 Å². The molecule has 0 atom stereocenters. The van der Waals surface area contributed by atoms with Gasteiger partial charge in [-0.25, -0.2) is 0 Å². The summed E-state index contributed by atoms with van der Waals surface area (Å²) in [4.78, 5) is 15.4. The topological polar surface area (TPSA) is 53.7 Å². The molecular formula is C25H26Cl2F3NO3. The zero-order valence-corrected chi connectivity index (χ0v) is 20.8. The van der Waals surface area contributed by atoms with Crippen molar-refractivity contribution in [3.05, 3.63) is 61.9 Å². The minimum absolute atomic E-state index is 0.0733. The lowest BCUT2D eigenvalue weighted by atomic mass is 9.99. The molecule has 0 amide bonds. The summed E-state index contributed by atoms with van der Waals surface area (Å²) in [6, 6.07) is 6.44. The third kappa shape index (κ3) is 5.70. The van der Waals surface area contributed by atoms with Crippen LogP contribution >= 0.6 is 23.2 Å². The summed E-state index contributed by atoms with van der Waals surface area (Å²) in [6.07, 6.45) is -4.98. The van der Waals surface area contributed by atoms with E-state index in [1.54, 1.807) is 0 Å². The van der Waals surface area contributed by atoms with Crippen LogP contribution in [-0.2, 0) is 12.7 Å². The molecule has 1 N–H and O–H groups in total. The van der Waals surface area contributed by atoms with Crippen molar-refractivity contribution >= 4 is 34.2 Å². The highest BCUT2D eigenvalue weighted by Gasteiger charge is 2.40. The molecule has 2 aromatic carbocycles. The van der Waals surface area contributed by atoms with E-state index in [4.69, 9.17) is 27.6 Å². The molecule has 0 saturated carbocycles. The normalized spacial score (nSPS) is 12.5. The second kappa shape index (κ2) is 10.2. The predicted octanol–water partition coefficient (Wildman–Crippen LogP) is 7.61. The fourth-order valence-electron chi connectivity index (χ4n) is 4.05. The van der Waals surface area contributed by atoms with Crippen molar-refractivity contribution in [3.63, 3.8) is 0 Å². The van der Waals surface area contributed by atoms with E-state index in [2.05, 4.69) is 0 Å². The number of benzene rings is 2. The number of phenols is 1. The van der Waals surface area contributed by atoms with Gasteiger partial charge in [0, 0.05) is 30.2 Å². The number of halogens is 5. The molecule has 9 heteroatoms. The number of hydrogen-bond acceptors (Lipinski definition) is 4. The molecule has 0 radical (unpaired) electrons. The Hall–Kier alpha value is -2.22. The fourth-order valence-corrected chi connectivity index (χ4v) is 4.56. The Bertz CT molecular complexity index is 1240. The Balaban J connectivity index is 2.31. The van der Waals surface area contributed by atoms with Crippen LogP contribution in [0, 0.1) is 11.8 Å². The largest absolute Gasteiger partial charge is 0.507 e. The maximum atomic E-state index is 14.1. The van der Waals surface area contributed by atoms with Crippen LogP contribution < -0.4 is 5.43 Å². The molecule has 0 aliphatic carbocycles. The molecule has 0 aliphatic rings. The number of hydrogen-bond donors (Lipinski definition) is 1. The lowest BCUT2D eigenvalue weighted by Crippen LogP contribution is -2.31. The Morgan fingerprint density at radius 3 is 2.18 bits per heavy atom. The van der Waals surface area contributed by atoms with E-state index in [0.29, 0.717) is 13.1 Å². The monoisotopic (exact) mass is 515 g/mol. The first-order chi connectivity index (χ1) is 15.8. The van der Waals surface area contributed by atoms with Gasteiger partial charge in [-0.05, 0) is 36.1 Å². The molecule has 34 heavy (non-hydrogen) atoms. The SMILES string of the molecule is CC(C)CN(Cc1c(O)ccc2c(=O)c(-c3ccc(Cl)cc3Cl)c(C(F)(F)F)oc12)CC(C)C. The molecule has 3 aromatic rings. The summed E-state index contributed by atoms with van der Waals surface area (Å²) in [5, 5.41) is 10.6. The molecule has 0 bridgehead atoms. The first-order valence-corrected chi connectivity index (χ1v) is 11.6. The molecule has 0 spiro atoms. The van der Waals surface area contributed by atoms with Crippen LogP contribution in [0.4, 0.5) is 13.2 Å². The molecule has 184 valence electrons. The molecule has 1 heterocycles. The van der Waals surface area contributed by atoms with Crippen molar-refractivity contribution in [2.45, 2.75) is 40.4 Å². The number of nitrogens with zero attached hydrogens (tertiary/aromatic N) is 1. The van der Waals surface area contributed by atoms with E-state index in [1.165, 1.54) is 30.3 Å². The second-order valence-electron chi connectivity index (χ2n) is 9.18. The number of rotatable bonds is 7. The van der Waals surface area contributed by atoms with Gasteiger partial charge in [0.05, 0.1) is 21.5 Å². The lowest BCUT2D eigenvalue weighted by molar-refractivity contribution is -0.152. The van der Waals surface area contributed by atoms with Crippen LogP contribution in [0.25, 0.3) is 22.1 Å². The van der Waals surface area contributed by atoms with Crippen LogP contribution in [-0.4, -0.2) is 23.1 Å². The fraction of sp³-hybridized carbons (Fsp3) is 0.400. The maximum absolute atomic E-state index is 14.1. The van der Waals surface area contributed by atoms with Crippen molar-refractivity contribution in [3.8, 4) is 16.9 Å². The van der Waals surface area contributed by atoms with E-state index < -0.39 is 22.9 Å². The van der Waals surface area contributed by atoms with Gasteiger partial charge in [-0.1, -0.05) is 57.0 Å². The minimum atomic E-state index is -4.98. The van der Waals surface area contributed by atoms with E-state index >= 15 is 0 Å². The van der Waals surface area contributed by atoms with Crippen LogP contribution in [0.3, 0.4) is 0 Å². The van der Waals surface area contributed by atoms with E-state index in [-0.39, 0.29) is 56.3 Å². The Morgan fingerprint density at radius 1 is 1.03 bits per heavy atom. The number of phenolic OH excluding ortho intramolecular Hbond substituents is 1. The first-order valence-electron chi connectivity index (χ1n) is 10.9. The third-order valence-electron chi connectivity index (χ3n) is 5.22. The van der Waals surface area contributed by atoms with Crippen molar-refractivity contribution in [1.29, 1.82) is 0 Å². The van der Waals surface area contributed by atoms with Gasteiger partial charge in [-0.3, -0.25) is 9.69 Å². The van der Waals surface area contributed by atoms with E-state index in [0.717, 1.165) is 0 Å². The zero-order valence-electron chi connectivity index (χ0n) is 19.3. The Kier molecular flexibility index (Phi) is 7.90. The molecule has 1 aromatic heterocycles. The summed E-state index contributed by atoms with van der Waals surface area (Å²) in [5.41, 5.74) is -1.87. The summed E-state index contributed by atoms with van der Waals surface area (Å²) >= 11 is 12.0. The van der Waals surface area contributed by atoms with Gasteiger partial charge in [0.2, 0.25) is 11.2 Å². The molecule has 0 unspecified atom stereocenters. The van der Waals surface area contributed by atoms with Crippen molar-refractivity contribution in [1.82, 2.24) is 4.90 Å². The van der Waals surface area contributed by atoms with Gasteiger partial charge < -0.3 is 9.52 Å². The lowest BCUT2D eigenvalue weighted by Gasteiger charge is -2.27. The predicted molar refractivity (Wildman–Crippen MR) is 130 cm³/mol. The first kappa shape index (κ1) is 26.4. The van der Waals surface area contributed by atoms with Crippen molar-refractivity contribution in [2.24, 2.45) is 11.8 Å². The third-order valence-corrected chi connectivity index (χ3v) is 5.77. The van der Waals surface area contributed by atoms with Gasteiger partial charge >= 0.3 is 6.18 Å². The van der Waals surface area contributed by atoms with Crippen molar-refractivity contribution < 1.29 is 22.7 Å². The number of aromatic hydroxyl groups is 1. The second-order valence-corrected chi connectivity index (χ2v) is 10.0. The highest BCUT2D eigenvalue weighted by Crippen LogP contribution is 2.41. The van der Waals surface area contributed by atoms with Crippen LogP contribution in [0.1, 0.15) is 39.0 Å². The Morgan fingerprint density at radius 2 is 1.65 bits per heavy atom. The van der Waals surface area contributed by atoms with Gasteiger partial charge in [-0.15, -0.1) is 0 Å². The minimum Gasteiger partial charge on any atom is -0.507 e. The van der Waals surface area contributed by atoms with Gasteiger partial charge in [0.1, 0.15) is 11.3 Å². The number of alkyl halides is 3. The quantitative estimate of drug-likeness (QED) is 0.351. The molecule has 0 saturated heterocycles. The summed E-state index contributed by atoms with van der Waals surface area (Å²) in [7, 11) is 0. The standard InChI is InChI=1S/C25H26Cl2F3NO3/c1-13(2)10-31(11-14(3)4)12-18-20(32)8-7-17-22(33)21(16-6-5-15(26)9-19(16)27)24(25(28,29)30)34-23(17)18/h5-9,13-14,32H,10-12H2,1-4H3. The molecule has 3 rings (SSSR count). The summed E-state index contributed by atoms with van der Waals surface area (Å²) < 4.78 is 47.7. The highest BCUT2D eigenvalue weighted by molar-refractivity contribution is 6.36. The maximum Gasteiger partial charge on any atom is 0.450 e. The molecule has 0 aliphatic heterocycles. The average Bonchev–Trinajstić information content (AvgIpc) is 2.69. The highest BCUT2D eigenvalue weighted by atomic mass is 35.5. The molecule has 0 fully saturated rings. The number of fused-ring (bicyclic) bond motifs is 1. The molecular weight excluding hydrogens is 490 g/mol. The van der Waals surface area contributed by atoms with Crippen LogP contribution in [0.2, 0.25) is 10.0 Å². The van der Waals surface area contributed by atoms with Crippen LogP contribution in [0.5, 0.6) is 5.75 Å². The van der Waals surface area contributed by atoms with Gasteiger partial charge in [0.25, 0.3) is 0 Å². The van der Waals surface area contributed by atoms with Gasteiger partial charge in [-0.2, -0.15) is 13.2 Å². The van der Waals surface area contributed by atoms with E-state index in [1.807, 2.05) is 32.6 Å². The van der Waals surface area contributed by atoms with E-state index in [9.17, 15) is 23.1 Å². The molecule has 4 nitrogen and oxygen atoms in total. The summed E-state index contributed by atoms with van der Waals surface area (Å²) in [6.45, 7) is 9.55. The zero-order chi connectivity index (χ0) is 25.4. The van der Waals surface area contributed by atoms with Gasteiger partial charge in [0.15, 0.2) is 0 Å². The smallest absolute Gasteiger partial charge is 0.450 e. The summed E-state index contributed by atoms with van der Waals surface area (Å²) in [5.74, 6) is -1.14. The average molecular weight is 516 g/mol.